The summed E-state index contributed by atoms with van der Waals surface area (Å²) in [6.45, 7) is 4.83. The normalized spacial score (nSPS) is 10.6. The second kappa shape index (κ2) is 6.81. The van der Waals surface area contributed by atoms with Crippen LogP contribution in [-0.2, 0) is 6.54 Å². The van der Waals surface area contributed by atoms with E-state index in [0.717, 1.165) is 5.56 Å². The second-order valence-electron chi connectivity index (χ2n) is 4.87. The summed E-state index contributed by atoms with van der Waals surface area (Å²) in [7, 11) is 0. The molecule has 0 unspecified atom stereocenters. The first-order chi connectivity index (χ1) is 10.1. The molecule has 6 heteroatoms. The number of amides is 1. The Bertz CT molecular complexity index is 611. The van der Waals surface area contributed by atoms with Gasteiger partial charge >= 0.3 is 6.01 Å². The Morgan fingerprint density at radius 3 is 2.57 bits per heavy atom. The summed E-state index contributed by atoms with van der Waals surface area (Å²) in [5.74, 6) is -0.207. The quantitative estimate of drug-likeness (QED) is 0.846. The number of nitrogens with one attached hydrogen (secondary N) is 1. The van der Waals surface area contributed by atoms with E-state index in [1.165, 1.54) is 0 Å². The van der Waals surface area contributed by atoms with Crippen LogP contribution in [0.25, 0.3) is 0 Å². The lowest BCUT2D eigenvalue weighted by Crippen LogP contribution is -2.21. The van der Waals surface area contributed by atoms with Crippen LogP contribution in [0.2, 0.25) is 0 Å². The molecule has 3 N–H and O–H groups in total. The number of hydrogen-bond acceptors (Lipinski definition) is 5. The van der Waals surface area contributed by atoms with Gasteiger partial charge in [-0.1, -0.05) is 26.0 Å². The molecule has 2 rings (SSSR count). The molecule has 1 heterocycles. The average Bonchev–Trinajstić information content (AvgIpc) is 2.47. The summed E-state index contributed by atoms with van der Waals surface area (Å²) in [6, 6.07) is 7.29. The van der Waals surface area contributed by atoms with Gasteiger partial charge in [-0.2, -0.15) is 0 Å². The van der Waals surface area contributed by atoms with Gasteiger partial charge in [0, 0.05) is 30.5 Å². The minimum absolute atomic E-state index is 0.178. The summed E-state index contributed by atoms with van der Waals surface area (Å²) in [6.07, 6.45) is 3.37. The minimum Gasteiger partial charge on any atom is -0.423 e. The number of nitrogens with two attached hydrogens (primary N) is 1. The number of para-hydroxylation sites is 1. The highest BCUT2D eigenvalue weighted by atomic mass is 16.5. The molecule has 21 heavy (non-hydrogen) atoms. The van der Waals surface area contributed by atoms with E-state index in [2.05, 4.69) is 29.1 Å². The molecular formula is C15H18N4O2. The molecule has 0 radical (unpaired) electrons. The average molecular weight is 286 g/mol. The zero-order chi connectivity index (χ0) is 15.2. The lowest BCUT2D eigenvalue weighted by atomic mass is 10.2. The Kier molecular flexibility index (Phi) is 4.84. The van der Waals surface area contributed by atoms with Crippen molar-refractivity contribution in [3.05, 3.63) is 47.8 Å². The molecule has 0 atom stereocenters. The van der Waals surface area contributed by atoms with Gasteiger partial charge in [0.2, 0.25) is 0 Å². The first-order valence-electron chi connectivity index (χ1n) is 6.67. The summed E-state index contributed by atoms with van der Waals surface area (Å²) in [4.78, 5) is 19.6. The van der Waals surface area contributed by atoms with E-state index in [1.54, 1.807) is 36.7 Å². The highest BCUT2D eigenvalue weighted by Gasteiger charge is 2.10. The van der Waals surface area contributed by atoms with Gasteiger partial charge in [-0.25, -0.2) is 9.97 Å². The van der Waals surface area contributed by atoms with Crippen LogP contribution in [0, 0.1) is 0 Å². The number of hydrogen-bond donors (Lipinski definition) is 2. The zero-order valence-corrected chi connectivity index (χ0v) is 12.0. The maximum absolute atomic E-state index is 11.3. The van der Waals surface area contributed by atoms with E-state index in [9.17, 15) is 4.79 Å². The zero-order valence-electron chi connectivity index (χ0n) is 12.0. The number of ether oxygens (including phenoxy) is 1. The molecule has 0 saturated heterocycles. The van der Waals surface area contributed by atoms with Crippen molar-refractivity contribution in [1.82, 2.24) is 15.3 Å². The van der Waals surface area contributed by atoms with Crippen molar-refractivity contribution in [2.45, 2.75) is 26.4 Å². The Hall–Kier alpha value is -2.47. The van der Waals surface area contributed by atoms with Gasteiger partial charge in [-0.15, -0.1) is 0 Å². The summed E-state index contributed by atoms with van der Waals surface area (Å²) < 4.78 is 5.51. The Morgan fingerprint density at radius 2 is 1.95 bits per heavy atom. The van der Waals surface area contributed by atoms with Crippen LogP contribution < -0.4 is 15.8 Å². The predicted octanol–water partition coefficient (Wildman–Crippen LogP) is 1.87. The van der Waals surface area contributed by atoms with Crippen molar-refractivity contribution in [2.75, 3.05) is 0 Å². The van der Waals surface area contributed by atoms with E-state index in [1.807, 2.05) is 0 Å². The number of rotatable bonds is 6. The Balaban J connectivity index is 2.09. The van der Waals surface area contributed by atoms with Crippen molar-refractivity contribution in [2.24, 2.45) is 5.73 Å². The van der Waals surface area contributed by atoms with Crippen LogP contribution in [-0.4, -0.2) is 21.9 Å². The van der Waals surface area contributed by atoms with Crippen LogP contribution in [0.1, 0.15) is 29.8 Å². The van der Waals surface area contributed by atoms with Gasteiger partial charge < -0.3 is 15.8 Å². The van der Waals surface area contributed by atoms with Crippen LogP contribution in [0.4, 0.5) is 0 Å². The lowest BCUT2D eigenvalue weighted by Gasteiger charge is -2.09. The van der Waals surface area contributed by atoms with Gasteiger partial charge in [0.1, 0.15) is 5.75 Å². The van der Waals surface area contributed by atoms with Crippen molar-refractivity contribution in [3.8, 4) is 11.8 Å². The fourth-order valence-electron chi connectivity index (χ4n) is 1.67. The third-order valence-corrected chi connectivity index (χ3v) is 2.75. The van der Waals surface area contributed by atoms with Gasteiger partial charge in [0.15, 0.2) is 0 Å². The van der Waals surface area contributed by atoms with Crippen LogP contribution >= 0.6 is 0 Å². The topological polar surface area (TPSA) is 90.1 Å². The number of aromatic nitrogens is 2. The molecule has 110 valence electrons. The molecule has 1 aromatic carbocycles. The molecule has 0 aliphatic heterocycles. The Morgan fingerprint density at radius 1 is 1.29 bits per heavy atom. The largest absolute Gasteiger partial charge is 0.423 e. The highest BCUT2D eigenvalue weighted by Crippen LogP contribution is 2.22. The van der Waals surface area contributed by atoms with Crippen molar-refractivity contribution < 1.29 is 9.53 Å². The van der Waals surface area contributed by atoms with E-state index < -0.39 is 5.91 Å². The first-order valence-corrected chi connectivity index (χ1v) is 6.67. The smallest absolute Gasteiger partial charge is 0.321 e. The molecule has 0 saturated carbocycles. The highest BCUT2D eigenvalue weighted by molar-refractivity contribution is 5.95. The van der Waals surface area contributed by atoms with E-state index in [0.29, 0.717) is 23.9 Å². The van der Waals surface area contributed by atoms with Gasteiger partial charge in [0.05, 0.1) is 5.56 Å². The SMILES string of the molecule is CC(C)NCc1cnc(Oc2ccccc2C(N)=O)nc1. The first kappa shape index (κ1) is 14.9. The fourth-order valence-corrected chi connectivity index (χ4v) is 1.67. The number of benzene rings is 1. The summed E-state index contributed by atoms with van der Waals surface area (Å²) >= 11 is 0. The van der Waals surface area contributed by atoms with Gasteiger partial charge in [-0.05, 0) is 12.1 Å². The molecule has 0 spiro atoms. The number of carbonyl (C=O) groups excluding carboxylic acids is 1. The molecule has 6 nitrogen and oxygen atoms in total. The van der Waals surface area contributed by atoms with Crippen LogP contribution in [0.5, 0.6) is 11.8 Å². The van der Waals surface area contributed by atoms with E-state index in [4.69, 9.17) is 10.5 Å². The van der Waals surface area contributed by atoms with Crippen LogP contribution in [0.3, 0.4) is 0 Å². The molecular weight excluding hydrogens is 268 g/mol. The molecule has 1 amide bonds. The Labute approximate surface area is 123 Å². The molecule has 0 aliphatic rings. The second-order valence-corrected chi connectivity index (χ2v) is 4.87. The third kappa shape index (κ3) is 4.25. The van der Waals surface area contributed by atoms with E-state index in [-0.39, 0.29) is 6.01 Å². The van der Waals surface area contributed by atoms with Crippen molar-refractivity contribution in [1.29, 1.82) is 0 Å². The van der Waals surface area contributed by atoms with Crippen LogP contribution in [0.15, 0.2) is 36.7 Å². The molecule has 2 aromatic rings. The number of primary amides is 1. The number of nitrogens with zero attached hydrogens (tertiary/aromatic N) is 2. The molecule has 1 aromatic heterocycles. The van der Waals surface area contributed by atoms with E-state index >= 15 is 0 Å². The minimum atomic E-state index is -0.552. The maximum Gasteiger partial charge on any atom is 0.321 e. The van der Waals surface area contributed by atoms with Crippen molar-refractivity contribution in [3.63, 3.8) is 0 Å². The van der Waals surface area contributed by atoms with Gasteiger partial charge in [0.25, 0.3) is 5.91 Å². The summed E-state index contributed by atoms with van der Waals surface area (Å²) in [5, 5.41) is 3.27. The molecule has 0 bridgehead atoms. The maximum atomic E-state index is 11.3. The predicted molar refractivity (Wildman–Crippen MR) is 79.0 cm³/mol. The lowest BCUT2D eigenvalue weighted by molar-refractivity contribution is 0.0998. The standard InChI is InChI=1S/C15H18N4O2/c1-10(2)17-7-11-8-18-15(19-9-11)21-13-6-4-3-5-12(13)14(16)20/h3-6,8-10,17H,7H2,1-2H3,(H2,16,20). The fraction of sp³-hybridized carbons (Fsp3) is 0.267. The van der Waals surface area contributed by atoms with Gasteiger partial charge in [-0.3, -0.25) is 4.79 Å². The third-order valence-electron chi connectivity index (χ3n) is 2.75. The molecule has 0 fully saturated rings. The monoisotopic (exact) mass is 286 g/mol. The summed E-state index contributed by atoms with van der Waals surface area (Å²) in [5.41, 5.74) is 6.55. The number of carbonyl (C=O) groups is 1. The van der Waals surface area contributed by atoms with Crippen molar-refractivity contribution >= 4 is 5.91 Å². The molecule has 0 aliphatic carbocycles.